The number of ether oxygens (including phenoxy) is 1. The molecular weight excluding hydrogens is 334 g/mol. The number of carbonyl (C=O) groups excluding carboxylic acids is 2. The lowest BCUT2D eigenvalue weighted by atomic mass is 9.85. The van der Waals surface area contributed by atoms with E-state index in [1.807, 2.05) is 0 Å². The number of carbonyl (C=O) groups is 2. The van der Waals surface area contributed by atoms with E-state index >= 15 is 0 Å². The van der Waals surface area contributed by atoms with Crippen molar-refractivity contribution >= 4 is 17.8 Å². The zero-order chi connectivity index (χ0) is 19.1. The van der Waals surface area contributed by atoms with Gasteiger partial charge in [0.05, 0.1) is 6.54 Å². The van der Waals surface area contributed by atoms with Gasteiger partial charge in [0, 0.05) is 54.5 Å². The van der Waals surface area contributed by atoms with Crippen molar-refractivity contribution in [3.05, 3.63) is 0 Å². The standard InChI is InChI=1S/C18H33N5O3/c1-21(2)16(24)11-19-18(20-12-17(25)22(3)4)23-8-5-15(13-23)14-6-9-26-10-7-14/h14-15H,5-13H2,1-4H3,(H,19,20). The second-order valence-corrected chi connectivity index (χ2v) is 7.51. The average molecular weight is 367 g/mol. The summed E-state index contributed by atoms with van der Waals surface area (Å²) in [6.45, 7) is 3.80. The first-order chi connectivity index (χ1) is 12.4. The normalized spacial score (nSPS) is 21.6. The van der Waals surface area contributed by atoms with Crippen LogP contribution in [-0.2, 0) is 14.3 Å². The first kappa shape index (κ1) is 20.5. The van der Waals surface area contributed by atoms with Gasteiger partial charge in [-0.1, -0.05) is 0 Å². The van der Waals surface area contributed by atoms with Crippen LogP contribution in [0.15, 0.2) is 4.99 Å². The van der Waals surface area contributed by atoms with E-state index in [9.17, 15) is 9.59 Å². The monoisotopic (exact) mass is 367 g/mol. The molecule has 148 valence electrons. The van der Waals surface area contributed by atoms with E-state index in [0.29, 0.717) is 17.8 Å². The number of nitrogens with zero attached hydrogens (tertiary/aromatic N) is 4. The summed E-state index contributed by atoms with van der Waals surface area (Å²) in [6, 6.07) is 0. The number of nitrogens with one attached hydrogen (secondary N) is 1. The minimum Gasteiger partial charge on any atom is -0.381 e. The number of guanidine groups is 1. The highest BCUT2D eigenvalue weighted by atomic mass is 16.5. The van der Waals surface area contributed by atoms with E-state index in [0.717, 1.165) is 45.6 Å². The second-order valence-electron chi connectivity index (χ2n) is 7.51. The summed E-state index contributed by atoms with van der Waals surface area (Å²) >= 11 is 0. The van der Waals surface area contributed by atoms with Crippen LogP contribution in [0.5, 0.6) is 0 Å². The largest absolute Gasteiger partial charge is 0.381 e. The first-order valence-electron chi connectivity index (χ1n) is 9.39. The molecule has 1 N–H and O–H groups in total. The van der Waals surface area contributed by atoms with Crippen LogP contribution >= 0.6 is 0 Å². The van der Waals surface area contributed by atoms with Gasteiger partial charge in [-0.05, 0) is 31.1 Å². The Balaban J connectivity index is 1.99. The summed E-state index contributed by atoms with van der Waals surface area (Å²) < 4.78 is 5.47. The van der Waals surface area contributed by atoms with Crippen molar-refractivity contribution in [2.75, 3.05) is 67.6 Å². The molecule has 0 aromatic heterocycles. The Morgan fingerprint density at radius 1 is 1.04 bits per heavy atom. The number of amides is 2. The van der Waals surface area contributed by atoms with Crippen LogP contribution in [0.1, 0.15) is 19.3 Å². The maximum atomic E-state index is 11.9. The molecule has 2 aliphatic heterocycles. The van der Waals surface area contributed by atoms with Crippen molar-refractivity contribution in [2.24, 2.45) is 16.8 Å². The molecule has 8 nitrogen and oxygen atoms in total. The number of aliphatic imine (C=N–C) groups is 1. The SMILES string of the molecule is CN(C)C(=O)CN=C(NCC(=O)N(C)C)N1CCC(C2CCOCC2)C1. The van der Waals surface area contributed by atoms with E-state index in [-0.39, 0.29) is 24.9 Å². The molecule has 0 radical (unpaired) electrons. The number of likely N-dealkylation sites (tertiary alicyclic amines) is 1. The van der Waals surface area contributed by atoms with Crippen LogP contribution in [0.3, 0.4) is 0 Å². The van der Waals surface area contributed by atoms with Crippen molar-refractivity contribution in [2.45, 2.75) is 19.3 Å². The van der Waals surface area contributed by atoms with Crippen LogP contribution in [-0.4, -0.2) is 100 Å². The lowest BCUT2D eigenvalue weighted by molar-refractivity contribution is -0.127. The molecule has 2 aliphatic rings. The molecule has 1 unspecified atom stereocenters. The molecule has 26 heavy (non-hydrogen) atoms. The summed E-state index contributed by atoms with van der Waals surface area (Å²) in [5.41, 5.74) is 0. The zero-order valence-corrected chi connectivity index (χ0v) is 16.5. The van der Waals surface area contributed by atoms with Gasteiger partial charge >= 0.3 is 0 Å². The number of rotatable bonds is 5. The van der Waals surface area contributed by atoms with E-state index in [1.54, 1.807) is 33.1 Å². The highest BCUT2D eigenvalue weighted by molar-refractivity contribution is 5.88. The molecule has 0 bridgehead atoms. The number of likely N-dealkylation sites (N-methyl/N-ethyl adjacent to an activating group) is 2. The topological polar surface area (TPSA) is 77.5 Å². The highest BCUT2D eigenvalue weighted by Crippen LogP contribution is 2.31. The number of hydrogen-bond donors (Lipinski definition) is 1. The maximum Gasteiger partial charge on any atom is 0.243 e. The summed E-state index contributed by atoms with van der Waals surface area (Å²) in [6.07, 6.45) is 3.36. The summed E-state index contributed by atoms with van der Waals surface area (Å²) in [5, 5.41) is 3.15. The molecule has 2 heterocycles. The second kappa shape index (κ2) is 9.75. The predicted molar refractivity (Wildman–Crippen MR) is 101 cm³/mol. The molecule has 0 saturated carbocycles. The minimum absolute atomic E-state index is 0.0168. The van der Waals surface area contributed by atoms with Gasteiger partial charge in [-0.2, -0.15) is 0 Å². The van der Waals surface area contributed by atoms with Crippen molar-refractivity contribution in [3.63, 3.8) is 0 Å². The van der Waals surface area contributed by atoms with E-state index in [1.165, 1.54) is 4.90 Å². The van der Waals surface area contributed by atoms with Crippen LogP contribution in [0.4, 0.5) is 0 Å². The summed E-state index contributed by atoms with van der Waals surface area (Å²) in [4.78, 5) is 33.6. The minimum atomic E-state index is -0.0524. The molecular formula is C18H33N5O3. The van der Waals surface area contributed by atoms with Gasteiger partial charge in [-0.15, -0.1) is 0 Å². The third-order valence-electron chi connectivity index (χ3n) is 5.22. The maximum absolute atomic E-state index is 11.9. The Bertz CT molecular complexity index is 515. The molecule has 1 atom stereocenters. The molecule has 0 spiro atoms. The molecule has 0 aliphatic carbocycles. The smallest absolute Gasteiger partial charge is 0.243 e. The van der Waals surface area contributed by atoms with E-state index < -0.39 is 0 Å². The lowest BCUT2D eigenvalue weighted by Gasteiger charge is -2.28. The number of hydrogen-bond acceptors (Lipinski definition) is 4. The summed E-state index contributed by atoms with van der Waals surface area (Å²) in [5.74, 6) is 1.91. The van der Waals surface area contributed by atoms with E-state index in [2.05, 4.69) is 15.2 Å². The first-order valence-corrected chi connectivity index (χ1v) is 9.39. The third-order valence-corrected chi connectivity index (χ3v) is 5.22. The molecule has 2 saturated heterocycles. The van der Waals surface area contributed by atoms with Gasteiger partial charge in [-0.25, -0.2) is 4.99 Å². The highest BCUT2D eigenvalue weighted by Gasteiger charge is 2.32. The van der Waals surface area contributed by atoms with Gasteiger partial charge in [-0.3, -0.25) is 9.59 Å². The average Bonchev–Trinajstić information content (AvgIpc) is 3.11. The van der Waals surface area contributed by atoms with Gasteiger partial charge in [0.25, 0.3) is 0 Å². The van der Waals surface area contributed by atoms with E-state index in [4.69, 9.17) is 4.74 Å². The van der Waals surface area contributed by atoms with Crippen LogP contribution < -0.4 is 5.32 Å². The lowest BCUT2D eigenvalue weighted by Crippen LogP contribution is -2.45. The Kier molecular flexibility index (Phi) is 7.68. The molecule has 2 fully saturated rings. The van der Waals surface area contributed by atoms with Gasteiger partial charge in [0.15, 0.2) is 5.96 Å². The van der Waals surface area contributed by atoms with Crippen LogP contribution in [0.2, 0.25) is 0 Å². The van der Waals surface area contributed by atoms with Crippen molar-refractivity contribution in [1.82, 2.24) is 20.0 Å². The molecule has 2 amide bonds. The third kappa shape index (κ3) is 5.86. The van der Waals surface area contributed by atoms with Gasteiger partial charge in [0.1, 0.15) is 6.54 Å². The fourth-order valence-corrected chi connectivity index (χ4v) is 3.42. The fourth-order valence-electron chi connectivity index (χ4n) is 3.42. The van der Waals surface area contributed by atoms with Gasteiger partial charge in [0.2, 0.25) is 11.8 Å². The van der Waals surface area contributed by atoms with Crippen molar-refractivity contribution < 1.29 is 14.3 Å². The van der Waals surface area contributed by atoms with Crippen molar-refractivity contribution in [3.8, 4) is 0 Å². The Labute approximate surface area is 156 Å². The Morgan fingerprint density at radius 3 is 2.31 bits per heavy atom. The fraction of sp³-hybridized carbons (Fsp3) is 0.833. The molecule has 8 heteroatoms. The zero-order valence-electron chi connectivity index (χ0n) is 16.5. The van der Waals surface area contributed by atoms with Gasteiger partial charge < -0.3 is 24.8 Å². The quantitative estimate of drug-likeness (QED) is 0.540. The molecule has 2 rings (SSSR count). The summed E-state index contributed by atoms with van der Waals surface area (Å²) in [7, 11) is 6.90. The van der Waals surface area contributed by atoms with Crippen molar-refractivity contribution in [1.29, 1.82) is 0 Å². The van der Waals surface area contributed by atoms with Crippen LogP contribution in [0, 0.1) is 11.8 Å². The molecule has 0 aromatic carbocycles. The van der Waals surface area contributed by atoms with Crippen LogP contribution in [0.25, 0.3) is 0 Å². The predicted octanol–water partition coefficient (Wildman–Crippen LogP) is -0.143. The Hall–Kier alpha value is -1.83. The molecule has 0 aromatic rings. The Morgan fingerprint density at radius 2 is 1.69 bits per heavy atom.